The van der Waals surface area contributed by atoms with Crippen molar-refractivity contribution in [2.24, 2.45) is 11.8 Å². The molecular weight excluding hydrogens is 344 g/mol. The Balaban J connectivity index is 2.04. The maximum atomic E-state index is 13.0. The first-order valence-corrected chi connectivity index (χ1v) is 9.66. The molecule has 3 rings (SSSR count). The number of benzene rings is 1. The number of carbonyl (C=O) groups excluding carboxylic acids is 3. The van der Waals surface area contributed by atoms with E-state index in [0.29, 0.717) is 12.5 Å². The van der Waals surface area contributed by atoms with E-state index in [9.17, 15) is 14.4 Å². The summed E-state index contributed by atoms with van der Waals surface area (Å²) in [5, 5.41) is 3.28. The molecule has 2 aliphatic rings. The second kappa shape index (κ2) is 7.08. The molecule has 0 unspecified atom stereocenters. The Morgan fingerprint density at radius 2 is 1.81 bits per heavy atom. The lowest BCUT2D eigenvalue weighted by Gasteiger charge is -2.29. The summed E-state index contributed by atoms with van der Waals surface area (Å²) in [5.74, 6) is -1.95. The fourth-order valence-electron chi connectivity index (χ4n) is 4.35. The molecule has 2 amide bonds. The van der Waals surface area contributed by atoms with Gasteiger partial charge in [-0.2, -0.15) is 0 Å². The van der Waals surface area contributed by atoms with Gasteiger partial charge >= 0.3 is 5.97 Å². The lowest BCUT2D eigenvalue weighted by atomic mass is 9.80. The molecule has 0 aromatic heterocycles. The van der Waals surface area contributed by atoms with Crippen LogP contribution in [0.3, 0.4) is 0 Å². The highest BCUT2D eigenvalue weighted by Gasteiger charge is 2.66. The molecule has 1 N–H and O–H groups in total. The molecule has 146 valence electrons. The molecule has 0 aliphatic carbocycles. The van der Waals surface area contributed by atoms with E-state index in [2.05, 4.69) is 19.2 Å². The molecular formula is C21H28N2O4. The second-order valence-electron chi connectivity index (χ2n) is 7.79. The summed E-state index contributed by atoms with van der Waals surface area (Å²) >= 11 is 0. The summed E-state index contributed by atoms with van der Waals surface area (Å²) in [6.07, 6.45) is 0. The van der Waals surface area contributed by atoms with Gasteiger partial charge in [0.2, 0.25) is 11.8 Å². The van der Waals surface area contributed by atoms with Crippen molar-refractivity contribution in [1.82, 2.24) is 10.2 Å². The highest BCUT2D eigenvalue weighted by molar-refractivity contribution is 6.09. The predicted molar refractivity (Wildman–Crippen MR) is 101 cm³/mol. The average molecular weight is 372 g/mol. The van der Waals surface area contributed by atoms with E-state index in [1.54, 1.807) is 20.8 Å². The van der Waals surface area contributed by atoms with E-state index in [4.69, 9.17) is 4.74 Å². The Kier molecular flexibility index (Phi) is 5.12. The number of hydrogen-bond acceptors (Lipinski definition) is 5. The molecule has 0 spiro atoms. The van der Waals surface area contributed by atoms with Crippen LogP contribution in [-0.4, -0.2) is 41.4 Å². The minimum absolute atomic E-state index is 0.217. The number of imide groups is 1. The summed E-state index contributed by atoms with van der Waals surface area (Å²) in [7, 11) is 0. The van der Waals surface area contributed by atoms with Crippen LogP contribution >= 0.6 is 0 Å². The summed E-state index contributed by atoms with van der Waals surface area (Å²) < 4.78 is 5.24. The van der Waals surface area contributed by atoms with Crippen molar-refractivity contribution in [3.8, 4) is 0 Å². The van der Waals surface area contributed by atoms with E-state index in [0.717, 1.165) is 5.56 Å². The molecule has 0 saturated carbocycles. The molecule has 1 aromatic carbocycles. The van der Waals surface area contributed by atoms with Crippen LogP contribution in [0.25, 0.3) is 0 Å². The molecule has 6 nitrogen and oxygen atoms in total. The third kappa shape index (κ3) is 2.96. The molecule has 6 heteroatoms. The largest absolute Gasteiger partial charge is 0.465 e. The van der Waals surface area contributed by atoms with Gasteiger partial charge in [-0.05, 0) is 37.8 Å². The highest BCUT2D eigenvalue weighted by atomic mass is 16.5. The molecule has 27 heavy (non-hydrogen) atoms. The second-order valence-corrected chi connectivity index (χ2v) is 7.79. The van der Waals surface area contributed by atoms with Gasteiger partial charge in [0.1, 0.15) is 5.54 Å². The van der Waals surface area contributed by atoms with Crippen LogP contribution in [0, 0.1) is 11.8 Å². The molecule has 0 bridgehead atoms. The fourth-order valence-corrected chi connectivity index (χ4v) is 4.35. The molecule has 1 aromatic rings. The van der Waals surface area contributed by atoms with Crippen LogP contribution in [-0.2, 0) is 19.1 Å². The Bertz CT molecular complexity index is 758. The summed E-state index contributed by atoms with van der Waals surface area (Å²) in [5.41, 5.74) is 0.880. The number of nitrogens with one attached hydrogen (secondary N) is 1. The normalized spacial score (nSPS) is 30.1. The summed E-state index contributed by atoms with van der Waals surface area (Å²) in [4.78, 5) is 39.9. The Morgan fingerprint density at radius 1 is 1.19 bits per heavy atom. The summed E-state index contributed by atoms with van der Waals surface area (Å²) in [6, 6.07) is 7.63. The van der Waals surface area contributed by atoms with E-state index in [1.807, 2.05) is 24.3 Å². The van der Waals surface area contributed by atoms with Crippen LogP contribution in [0.2, 0.25) is 0 Å². The number of ether oxygens (including phenoxy) is 1. The van der Waals surface area contributed by atoms with Gasteiger partial charge < -0.3 is 4.74 Å². The number of amides is 2. The van der Waals surface area contributed by atoms with Gasteiger partial charge in [-0.15, -0.1) is 0 Å². The van der Waals surface area contributed by atoms with Gasteiger partial charge in [0.05, 0.1) is 18.4 Å². The van der Waals surface area contributed by atoms with Crippen molar-refractivity contribution in [1.29, 1.82) is 0 Å². The predicted octanol–water partition coefficient (Wildman–Crippen LogP) is 2.40. The Labute approximate surface area is 160 Å². The topological polar surface area (TPSA) is 75.7 Å². The zero-order chi connectivity index (χ0) is 19.9. The average Bonchev–Trinajstić information content (AvgIpc) is 3.09. The first-order valence-electron chi connectivity index (χ1n) is 9.66. The van der Waals surface area contributed by atoms with E-state index in [-0.39, 0.29) is 18.4 Å². The summed E-state index contributed by atoms with van der Waals surface area (Å²) in [6.45, 7) is 9.96. The maximum Gasteiger partial charge on any atom is 0.326 e. The van der Waals surface area contributed by atoms with Crippen LogP contribution in [0.4, 0.5) is 0 Å². The van der Waals surface area contributed by atoms with Crippen LogP contribution in [0.1, 0.15) is 57.7 Å². The molecule has 2 aliphatic heterocycles. The van der Waals surface area contributed by atoms with Crippen LogP contribution < -0.4 is 5.32 Å². The van der Waals surface area contributed by atoms with Gasteiger partial charge in [0.15, 0.2) is 0 Å². The van der Waals surface area contributed by atoms with Crippen molar-refractivity contribution < 1.29 is 19.1 Å². The van der Waals surface area contributed by atoms with E-state index >= 15 is 0 Å². The number of nitrogens with zero attached hydrogens (tertiary/aromatic N) is 1. The molecule has 2 heterocycles. The lowest BCUT2D eigenvalue weighted by Crippen LogP contribution is -2.54. The van der Waals surface area contributed by atoms with Crippen molar-refractivity contribution >= 4 is 17.8 Å². The monoisotopic (exact) mass is 372 g/mol. The van der Waals surface area contributed by atoms with E-state index < -0.39 is 29.4 Å². The zero-order valence-corrected chi connectivity index (χ0v) is 16.6. The third-order valence-corrected chi connectivity index (χ3v) is 5.86. The van der Waals surface area contributed by atoms with Crippen molar-refractivity contribution in [3.63, 3.8) is 0 Å². The first kappa shape index (κ1) is 19.5. The third-order valence-electron chi connectivity index (χ3n) is 5.86. The van der Waals surface area contributed by atoms with Crippen LogP contribution in [0.15, 0.2) is 24.3 Å². The van der Waals surface area contributed by atoms with Crippen molar-refractivity contribution in [2.45, 2.75) is 52.1 Å². The quantitative estimate of drug-likeness (QED) is 0.634. The van der Waals surface area contributed by atoms with Crippen molar-refractivity contribution in [2.75, 3.05) is 13.2 Å². The standard InChI is InChI=1S/C21H28N2O4/c1-6-23-18(24)15-16(19(23)25)21(5,20(26)27-7-2)22-17(15)14-10-8-13(9-11-14)12(3)4/h8-12,15-17,22H,6-7H2,1-5H3/t15-,16-,17-,21+/m0/s1. The number of likely N-dealkylation sites (tertiary alicyclic amines) is 1. The highest BCUT2D eigenvalue weighted by Crippen LogP contribution is 2.49. The Hall–Kier alpha value is -2.21. The number of hydrogen-bond donors (Lipinski definition) is 1. The zero-order valence-electron chi connectivity index (χ0n) is 16.6. The molecule has 2 fully saturated rings. The molecule has 0 radical (unpaired) electrons. The van der Waals surface area contributed by atoms with E-state index in [1.165, 1.54) is 10.5 Å². The lowest BCUT2D eigenvalue weighted by molar-refractivity contribution is -0.155. The van der Waals surface area contributed by atoms with Gasteiger partial charge in [-0.25, -0.2) is 0 Å². The minimum atomic E-state index is -1.22. The first-order chi connectivity index (χ1) is 12.8. The number of carbonyl (C=O) groups is 3. The van der Waals surface area contributed by atoms with Gasteiger partial charge in [-0.1, -0.05) is 38.1 Å². The number of fused-ring (bicyclic) bond motifs is 1. The number of rotatable bonds is 5. The minimum Gasteiger partial charge on any atom is -0.465 e. The molecule has 4 atom stereocenters. The van der Waals surface area contributed by atoms with Crippen molar-refractivity contribution in [3.05, 3.63) is 35.4 Å². The SMILES string of the molecule is CCOC(=O)[C@]1(C)N[C@@H](c2ccc(C(C)C)cc2)[C@H]2C(=O)N(CC)C(=O)[C@H]21. The van der Waals surface area contributed by atoms with Crippen LogP contribution in [0.5, 0.6) is 0 Å². The van der Waals surface area contributed by atoms with Gasteiger partial charge in [0, 0.05) is 12.6 Å². The van der Waals surface area contributed by atoms with Gasteiger partial charge in [0.25, 0.3) is 0 Å². The Morgan fingerprint density at radius 3 is 2.33 bits per heavy atom. The smallest absolute Gasteiger partial charge is 0.326 e. The maximum absolute atomic E-state index is 13.0. The molecule has 2 saturated heterocycles. The fraction of sp³-hybridized carbons (Fsp3) is 0.571. The number of esters is 1. The van der Waals surface area contributed by atoms with Gasteiger partial charge in [-0.3, -0.25) is 24.6 Å².